The fourth-order valence-electron chi connectivity index (χ4n) is 2.46. The van der Waals surface area contributed by atoms with Crippen LogP contribution in [0.1, 0.15) is 58.3 Å². The Morgan fingerprint density at radius 1 is 0.920 bits per heavy atom. The largest absolute Gasteiger partial charge is 0.460 e. The minimum absolute atomic E-state index is 0.201. The van der Waals surface area contributed by atoms with Gasteiger partial charge in [0.2, 0.25) is 0 Å². The van der Waals surface area contributed by atoms with Crippen molar-refractivity contribution in [2.24, 2.45) is 0 Å². The lowest BCUT2D eigenvalue weighted by molar-refractivity contribution is -0.145. The lowest BCUT2D eigenvalue weighted by atomic mass is 10.1. The van der Waals surface area contributed by atoms with Gasteiger partial charge in [0.1, 0.15) is 6.10 Å². The van der Waals surface area contributed by atoms with Gasteiger partial charge in [-0.25, -0.2) is 0 Å². The maximum Gasteiger partial charge on any atom is 0.306 e. The van der Waals surface area contributed by atoms with Crippen molar-refractivity contribution < 1.29 is 14.6 Å². The number of ether oxygens (including phenoxy) is 1. The zero-order valence-corrected chi connectivity index (χ0v) is 15.3. The van der Waals surface area contributed by atoms with Gasteiger partial charge in [0.25, 0.3) is 0 Å². The third-order valence-electron chi connectivity index (χ3n) is 3.88. The third-order valence-corrected chi connectivity index (χ3v) is 3.88. The molecule has 3 heteroatoms. The number of carbonyl (C=O) groups is 1. The van der Waals surface area contributed by atoms with Crippen LogP contribution in [0.5, 0.6) is 0 Å². The molecular formula is C22H32O3. The summed E-state index contributed by atoms with van der Waals surface area (Å²) in [4.78, 5) is 11.0. The minimum Gasteiger partial charge on any atom is -0.460 e. The first kappa shape index (κ1) is 21.2. The molecule has 1 saturated heterocycles. The van der Waals surface area contributed by atoms with Crippen molar-refractivity contribution in [3.05, 3.63) is 60.8 Å². The number of hydrogen-bond acceptors (Lipinski definition) is 3. The number of carbonyl (C=O) groups excluding carboxylic acids is 1. The molecule has 1 aliphatic heterocycles. The highest BCUT2D eigenvalue weighted by Crippen LogP contribution is 2.19. The molecule has 0 amide bonds. The second-order valence-electron chi connectivity index (χ2n) is 6.08. The molecule has 138 valence electrons. The molecule has 3 nitrogen and oxygen atoms in total. The van der Waals surface area contributed by atoms with Gasteiger partial charge >= 0.3 is 5.97 Å². The van der Waals surface area contributed by atoms with E-state index in [0.29, 0.717) is 19.3 Å². The highest BCUT2D eigenvalue weighted by atomic mass is 16.6. The molecule has 0 aromatic carbocycles. The van der Waals surface area contributed by atoms with Crippen LogP contribution in [-0.4, -0.2) is 23.3 Å². The van der Waals surface area contributed by atoms with Gasteiger partial charge in [-0.1, -0.05) is 67.7 Å². The van der Waals surface area contributed by atoms with Crippen LogP contribution >= 0.6 is 0 Å². The summed E-state index contributed by atoms with van der Waals surface area (Å²) in [6, 6.07) is 0. The van der Waals surface area contributed by atoms with Crippen LogP contribution in [0.2, 0.25) is 0 Å². The summed E-state index contributed by atoms with van der Waals surface area (Å²) in [5, 5.41) is 9.91. The SMILES string of the molecule is CCC=CCC=CCC=CCC=CCC=CCC(O)C1CCC(=O)O1. The summed E-state index contributed by atoms with van der Waals surface area (Å²) in [6.45, 7) is 2.14. The van der Waals surface area contributed by atoms with E-state index in [-0.39, 0.29) is 12.1 Å². The Morgan fingerprint density at radius 2 is 1.40 bits per heavy atom. The van der Waals surface area contributed by atoms with Crippen LogP contribution in [0.4, 0.5) is 0 Å². The average molecular weight is 344 g/mol. The summed E-state index contributed by atoms with van der Waals surface area (Å²) in [7, 11) is 0. The summed E-state index contributed by atoms with van der Waals surface area (Å²) >= 11 is 0. The van der Waals surface area contributed by atoms with E-state index in [9.17, 15) is 9.90 Å². The third kappa shape index (κ3) is 11.3. The van der Waals surface area contributed by atoms with Crippen molar-refractivity contribution in [3.63, 3.8) is 0 Å². The van der Waals surface area contributed by atoms with Crippen molar-refractivity contribution in [2.75, 3.05) is 0 Å². The predicted octanol–water partition coefficient (Wildman–Crippen LogP) is 5.19. The van der Waals surface area contributed by atoms with E-state index < -0.39 is 6.10 Å². The van der Waals surface area contributed by atoms with Gasteiger partial charge in [0.05, 0.1) is 6.10 Å². The lowest BCUT2D eigenvalue weighted by Gasteiger charge is -2.14. The van der Waals surface area contributed by atoms with Crippen LogP contribution in [0.3, 0.4) is 0 Å². The van der Waals surface area contributed by atoms with Gasteiger partial charge in [-0.05, 0) is 44.9 Å². The van der Waals surface area contributed by atoms with E-state index in [1.165, 1.54) is 0 Å². The van der Waals surface area contributed by atoms with E-state index in [4.69, 9.17) is 4.74 Å². The maximum atomic E-state index is 11.0. The Morgan fingerprint density at radius 3 is 1.84 bits per heavy atom. The molecule has 1 N–H and O–H groups in total. The van der Waals surface area contributed by atoms with E-state index in [2.05, 4.69) is 55.5 Å². The molecule has 2 atom stereocenters. The molecule has 0 spiro atoms. The molecule has 0 radical (unpaired) electrons. The quantitative estimate of drug-likeness (QED) is 0.391. The molecule has 0 aromatic rings. The summed E-state index contributed by atoms with van der Waals surface area (Å²) in [6.07, 6.45) is 26.9. The highest BCUT2D eigenvalue weighted by molar-refractivity contribution is 5.71. The van der Waals surface area contributed by atoms with Gasteiger partial charge < -0.3 is 9.84 Å². The Hall–Kier alpha value is -1.87. The summed E-state index contributed by atoms with van der Waals surface area (Å²) < 4.78 is 5.05. The Kier molecular flexibility index (Phi) is 12.3. The normalized spacial score (nSPS) is 20.1. The van der Waals surface area contributed by atoms with Crippen molar-refractivity contribution >= 4 is 5.97 Å². The minimum atomic E-state index is -0.583. The Labute approximate surface area is 152 Å². The van der Waals surface area contributed by atoms with Crippen molar-refractivity contribution in [1.29, 1.82) is 0 Å². The number of allylic oxidation sites excluding steroid dienone is 9. The van der Waals surface area contributed by atoms with Crippen LogP contribution in [0, 0.1) is 0 Å². The fourth-order valence-corrected chi connectivity index (χ4v) is 2.46. The van der Waals surface area contributed by atoms with Crippen LogP contribution in [-0.2, 0) is 9.53 Å². The van der Waals surface area contributed by atoms with Crippen molar-refractivity contribution in [3.8, 4) is 0 Å². The molecule has 1 fully saturated rings. The van der Waals surface area contributed by atoms with Crippen LogP contribution in [0.25, 0.3) is 0 Å². The highest BCUT2D eigenvalue weighted by Gasteiger charge is 2.28. The number of aliphatic hydroxyl groups excluding tert-OH is 1. The van der Waals surface area contributed by atoms with E-state index >= 15 is 0 Å². The maximum absolute atomic E-state index is 11.0. The Bertz CT molecular complexity index is 497. The van der Waals surface area contributed by atoms with Gasteiger partial charge in [-0.15, -0.1) is 0 Å². The molecule has 0 aromatic heterocycles. The first-order chi connectivity index (χ1) is 12.2. The summed E-state index contributed by atoms with van der Waals surface area (Å²) in [5.74, 6) is -0.201. The van der Waals surface area contributed by atoms with Gasteiger partial charge in [-0.3, -0.25) is 4.79 Å². The van der Waals surface area contributed by atoms with Gasteiger partial charge in [-0.2, -0.15) is 0 Å². The molecular weight excluding hydrogens is 312 g/mol. The molecule has 25 heavy (non-hydrogen) atoms. The zero-order valence-electron chi connectivity index (χ0n) is 15.3. The van der Waals surface area contributed by atoms with Crippen LogP contribution < -0.4 is 0 Å². The van der Waals surface area contributed by atoms with E-state index in [0.717, 1.165) is 32.1 Å². The predicted molar refractivity (Wildman–Crippen MR) is 104 cm³/mol. The number of rotatable bonds is 12. The monoisotopic (exact) mass is 344 g/mol. The molecule has 0 aliphatic carbocycles. The molecule has 1 rings (SSSR count). The standard InChI is InChI=1S/C22H32O3/c1-2-3-4-5-6-7-8-9-10-11-12-13-14-15-16-17-20(23)21-18-19-22(24)25-21/h3-4,6-7,9-10,12-13,15-16,20-21,23H,2,5,8,11,14,17-19H2,1H3. The topological polar surface area (TPSA) is 46.5 Å². The number of hydrogen-bond donors (Lipinski definition) is 1. The van der Waals surface area contributed by atoms with Gasteiger partial charge in [0, 0.05) is 6.42 Å². The molecule has 0 bridgehead atoms. The molecule has 2 unspecified atom stereocenters. The second-order valence-corrected chi connectivity index (χ2v) is 6.08. The lowest BCUT2D eigenvalue weighted by Crippen LogP contribution is -2.24. The molecule has 1 aliphatic rings. The Balaban J connectivity index is 2.01. The number of aliphatic hydroxyl groups is 1. The van der Waals surface area contributed by atoms with Crippen LogP contribution in [0.15, 0.2) is 60.8 Å². The number of cyclic esters (lactones) is 1. The van der Waals surface area contributed by atoms with Crippen molar-refractivity contribution in [2.45, 2.75) is 70.5 Å². The smallest absolute Gasteiger partial charge is 0.306 e. The van der Waals surface area contributed by atoms with E-state index in [1.807, 2.05) is 12.2 Å². The zero-order chi connectivity index (χ0) is 18.2. The second kappa shape index (κ2) is 14.5. The molecule has 0 saturated carbocycles. The first-order valence-corrected chi connectivity index (χ1v) is 9.36. The van der Waals surface area contributed by atoms with E-state index in [1.54, 1.807) is 0 Å². The van der Waals surface area contributed by atoms with Crippen molar-refractivity contribution in [1.82, 2.24) is 0 Å². The fraction of sp³-hybridized carbons (Fsp3) is 0.500. The number of esters is 1. The molecule has 1 heterocycles. The van der Waals surface area contributed by atoms with Gasteiger partial charge in [0.15, 0.2) is 0 Å². The summed E-state index contributed by atoms with van der Waals surface area (Å²) in [5.41, 5.74) is 0. The average Bonchev–Trinajstić information content (AvgIpc) is 3.04. The first-order valence-electron chi connectivity index (χ1n) is 9.36.